The van der Waals surface area contributed by atoms with E-state index in [2.05, 4.69) is 22.5 Å². The van der Waals surface area contributed by atoms with E-state index in [1.165, 1.54) is 25.5 Å². The Kier molecular flexibility index (Phi) is 7.18. The van der Waals surface area contributed by atoms with Gasteiger partial charge in [-0.15, -0.1) is 0 Å². The second kappa shape index (κ2) is 8.69. The summed E-state index contributed by atoms with van der Waals surface area (Å²) in [5.74, 6) is 0.373. The molecule has 0 aliphatic rings. The number of amides is 1. The number of nitrogens with zero attached hydrogens (tertiary/aromatic N) is 1. The minimum atomic E-state index is -0.158. The molecule has 1 aromatic rings. The van der Waals surface area contributed by atoms with Crippen molar-refractivity contribution in [1.29, 1.82) is 0 Å². The maximum Gasteiger partial charge on any atom is 0.273 e. The number of carbonyl (C=O) groups excluding carboxylic acids is 1. The van der Waals surface area contributed by atoms with Crippen LogP contribution in [0.5, 0.6) is 0 Å². The van der Waals surface area contributed by atoms with Crippen LogP contribution in [0.2, 0.25) is 0 Å². The van der Waals surface area contributed by atoms with Gasteiger partial charge in [0.25, 0.3) is 5.91 Å². The van der Waals surface area contributed by atoms with Gasteiger partial charge in [-0.3, -0.25) is 4.79 Å². The molecular formula is C14H25N3O2. The molecule has 0 saturated carbocycles. The molecule has 0 saturated heterocycles. The van der Waals surface area contributed by atoms with Crippen LogP contribution >= 0.6 is 0 Å². The van der Waals surface area contributed by atoms with Crippen LogP contribution in [-0.4, -0.2) is 24.0 Å². The molecule has 19 heavy (non-hydrogen) atoms. The first-order chi connectivity index (χ1) is 9.17. The Balaban J connectivity index is 2.32. The lowest BCUT2D eigenvalue weighted by Crippen LogP contribution is -2.32. The molecule has 0 aliphatic carbocycles. The molecule has 1 rings (SSSR count). The van der Waals surface area contributed by atoms with Crippen LogP contribution in [0.1, 0.15) is 62.3 Å². The highest BCUT2D eigenvalue weighted by atomic mass is 16.3. The average Bonchev–Trinajstić information content (AvgIpc) is 2.84. The Bertz CT molecular complexity index is 377. The highest BCUT2D eigenvalue weighted by Gasteiger charge is 2.14. The van der Waals surface area contributed by atoms with Crippen molar-refractivity contribution in [2.45, 2.75) is 58.5 Å². The summed E-state index contributed by atoms with van der Waals surface area (Å²) in [6, 6.07) is 0.175. The second-order valence-electron chi connectivity index (χ2n) is 4.88. The standard InChI is InChI=1S/C14H25N3O2/c1-4-5-6-7-8-11(2)16-14(18)12-10-19-13(17-12)9-15-3/h10-11,15H,4-9H2,1-3H3,(H,16,18). The summed E-state index contributed by atoms with van der Waals surface area (Å²) in [5, 5.41) is 5.88. The third-order valence-corrected chi connectivity index (χ3v) is 2.98. The van der Waals surface area contributed by atoms with Gasteiger partial charge in [-0.1, -0.05) is 32.6 Å². The first-order valence-corrected chi connectivity index (χ1v) is 7.07. The van der Waals surface area contributed by atoms with Crippen molar-refractivity contribution in [3.8, 4) is 0 Å². The number of carbonyl (C=O) groups is 1. The predicted octanol–water partition coefficient (Wildman–Crippen LogP) is 2.48. The van der Waals surface area contributed by atoms with Gasteiger partial charge in [0.2, 0.25) is 5.89 Å². The van der Waals surface area contributed by atoms with Gasteiger partial charge < -0.3 is 15.1 Å². The summed E-state index contributed by atoms with van der Waals surface area (Å²) in [4.78, 5) is 16.0. The van der Waals surface area contributed by atoms with E-state index in [-0.39, 0.29) is 11.9 Å². The fourth-order valence-electron chi connectivity index (χ4n) is 1.89. The van der Waals surface area contributed by atoms with Crippen molar-refractivity contribution in [3.05, 3.63) is 17.8 Å². The summed E-state index contributed by atoms with van der Waals surface area (Å²) in [6.45, 7) is 4.75. The quantitative estimate of drug-likeness (QED) is 0.675. The smallest absolute Gasteiger partial charge is 0.273 e. The molecule has 1 amide bonds. The number of rotatable bonds is 9. The molecule has 1 aromatic heterocycles. The Labute approximate surface area is 115 Å². The Hall–Kier alpha value is -1.36. The van der Waals surface area contributed by atoms with Crippen LogP contribution in [0.3, 0.4) is 0 Å². The summed E-state index contributed by atoms with van der Waals surface area (Å²) in [6.07, 6.45) is 7.29. The van der Waals surface area contributed by atoms with Gasteiger partial charge in [0.15, 0.2) is 5.69 Å². The number of aromatic nitrogens is 1. The van der Waals surface area contributed by atoms with E-state index < -0.39 is 0 Å². The predicted molar refractivity (Wildman–Crippen MR) is 75.0 cm³/mol. The largest absolute Gasteiger partial charge is 0.447 e. The topological polar surface area (TPSA) is 67.2 Å². The highest BCUT2D eigenvalue weighted by Crippen LogP contribution is 2.07. The van der Waals surface area contributed by atoms with Crippen LogP contribution < -0.4 is 10.6 Å². The lowest BCUT2D eigenvalue weighted by molar-refractivity contribution is 0.0932. The first kappa shape index (κ1) is 15.7. The van der Waals surface area contributed by atoms with Crippen LogP contribution in [0.15, 0.2) is 10.7 Å². The van der Waals surface area contributed by atoms with Crippen LogP contribution in [0, 0.1) is 0 Å². The van der Waals surface area contributed by atoms with Crippen molar-refractivity contribution in [3.63, 3.8) is 0 Å². The first-order valence-electron chi connectivity index (χ1n) is 7.07. The molecule has 0 radical (unpaired) electrons. The van der Waals surface area contributed by atoms with Crippen molar-refractivity contribution >= 4 is 5.91 Å². The molecule has 5 nitrogen and oxygen atoms in total. The number of hydrogen-bond donors (Lipinski definition) is 2. The number of hydrogen-bond acceptors (Lipinski definition) is 4. The van der Waals surface area contributed by atoms with Gasteiger partial charge in [-0.05, 0) is 20.4 Å². The van der Waals surface area contributed by atoms with Crippen molar-refractivity contribution in [2.24, 2.45) is 0 Å². The van der Waals surface area contributed by atoms with E-state index in [0.29, 0.717) is 18.1 Å². The van der Waals surface area contributed by atoms with Gasteiger partial charge >= 0.3 is 0 Å². The van der Waals surface area contributed by atoms with Gasteiger partial charge in [-0.25, -0.2) is 4.98 Å². The molecule has 1 heterocycles. The van der Waals surface area contributed by atoms with Gasteiger partial charge in [0.1, 0.15) is 6.26 Å². The minimum absolute atomic E-state index is 0.158. The van der Waals surface area contributed by atoms with E-state index in [0.717, 1.165) is 12.8 Å². The highest BCUT2D eigenvalue weighted by molar-refractivity contribution is 5.92. The molecule has 0 aromatic carbocycles. The van der Waals surface area contributed by atoms with Crippen molar-refractivity contribution in [1.82, 2.24) is 15.6 Å². The SMILES string of the molecule is CCCCCCC(C)NC(=O)c1coc(CNC)n1. The zero-order valence-electron chi connectivity index (χ0n) is 12.2. The molecule has 0 aliphatic heterocycles. The van der Waals surface area contributed by atoms with E-state index in [9.17, 15) is 4.79 Å². The summed E-state index contributed by atoms with van der Waals surface area (Å²) >= 11 is 0. The Morgan fingerprint density at radius 2 is 2.21 bits per heavy atom. The zero-order chi connectivity index (χ0) is 14.1. The molecule has 1 atom stereocenters. The lowest BCUT2D eigenvalue weighted by atomic mass is 10.1. The molecule has 0 bridgehead atoms. The van der Waals surface area contributed by atoms with Crippen LogP contribution in [-0.2, 0) is 6.54 Å². The lowest BCUT2D eigenvalue weighted by Gasteiger charge is -2.12. The molecule has 0 spiro atoms. The third-order valence-electron chi connectivity index (χ3n) is 2.98. The average molecular weight is 267 g/mol. The van der Waals surface area contributed by atoms with Crippen molar-refractivity contribution in [2.75, 3.05) is 7.05 Å². The fourth-order valence-corrected chi connectivity index (χ4v) is 1.89. The van der Waals surface area contributed by atoms with Gasteiger partial charge in [-0.2, -0.15) is 0 Å². The number of nitrogens with one attached hydrogen (secondary N) is 2. The molecule has 1 unspecified atom stereocenters. The number of unbranched alkanes of at least 4 members (excludes halogenated alkanes) is 3. The fraction of sp³-hybridized carbons (Fsp3) is 0.714. The Morgan fingerprint density at radius 3 is 2.89 bits per heavy atom. The van der Waals surface area contributed by atoms with Crippen LogP contribution in [0.4, 0.5) is 0 Å². The van der Waals surface area contributed by atoms with E-state index >= 15 is 0 Å². The molecule has 5 heteroatoms. The van der Waals surface area contributed by atoms with Crippen molar-refractivity contribution < 1.29 is 9.21 Å². The molecule has 0 fully saturated rings. The Morgan fingerprint density at radius 1 is 1.42 bits per heavy atom. The molecular weight excluding hydrogens is 242 g/mol. The zero-order valence-corrected chi connectivity index (χ0v) is 12.2. The van der Waals surface area contributed by atoms with Crippen LogP contribution in [0.25, 0.3) is 0 Å². The molecule has 2 N–H and O–H groups in total. The third kappa shape index (κ3) is 5.87. The summed E-state index contributed by atoms with van der Waals surface area (Å²) in [5.41, 5.74) is 0.352. The van der Waals surface area contributed by atoms with E-state index in [1.54, 1.807) is 0 Å². The van der Waals surface area contributed by atoms with Gasteiger partial charge in [0, 0.05) is 6.04 Å². The minimum Gasteiger partial charge on any atom is -0.447 e. The van der Waals surface area contributed by atoms with E-state index in [1.807, 2.05) is 14.0 Å². The number of oxazole rings is 1. The normalized spacial score (nSPS) is 12.4. The summed E-state index contributed by atoms with van der Waals surface area (Å²) < 4.78 is 5.19. The summed E-state index contributed by atoms with van der Waals surface area (Å²) in [7, 11) is 1.81. The monoisotopic (exact) mass is 267 g/mol. The van der Waals surface area contributed by atoms with E-state index in [4.69, 9.17) is 4.42 Å². The molecule has 108 valence electrons. The maximum atomic E-state index is 11.9. The maximum absolute atomic E-state index is 11.9. The second-order valence-corrected chi connectivity index (χ2v) is 4.88. The van der Waals surface area contributed by atoms with Gasteiger partial charge in [0.05, 0.1) is 6.54 Å².